The lowest BCUT2D eigenvalue weighted by Gasteiger charge is -2.13. The standard InChI is InChI=1S/C18H16ClN3O4S/c1-2-26-18(23)13(11-20)12-21-15-8-4-5-9-16(15)22-27(24,25)17-10-6-3-7-14(17)19/h3-10,12,21-22H,2H2,1H3/b13-12+. The molecule has 2 aromatic rings. The van der Waals surface area contributed by atoms with E-state index in [-0.39, 0.29) is 27.8 Å². The summed E-state index contributed by atoms with van der Waals surface area (Å²) in [6.45, 7) is 1.76. The fourth-order valence-electron chi connectivity index (χ4n) is 2.06. The third-order valence-corrected chi connectivity index (χ3v) is 5.15. The molecule has 2 N–H and O–H groups in total. The van der Waals surface area contributed by atoms with Crippen molar-refractivity contribution in [1.29, 1.82) is 5.26 Å². The van der Waals surface area contributed by atoms with Crippen LogP contribution in [0.1, 0.15) is 6.92 Å². The summed E-state index contributed by atoms with van der Waals surface area (Å²) in [5.74, 6) is -0.776. The van der Waals surface area contributed by atoms with Gasteiger partial charge in [0.05, 0.1) is 23.0 Å². The third kappa shape index (κ3) is 5.23. The minimum absolute atomic E-state index is 0.0683. The summed E-state index contributed by atoms with van der Waals surface area (Å²) in [4.78, 5) is 11.6. The number of rotatable bonds is 7. The van der Waals surface area contributed by atoms with Gasteiger partial charge in [-0.3, -0.25) is 4.72 Å². The first-order valence-electron chi connectivity index (χ1n) is 7.79. The van der Waals surface area contributed by atoms with Crippen molar-refractivity contribution in [2.45, 2.75) is 11.8 Å². The summed E-state index contributed by atoms with van der Waals surface area (Å²) in [5.41, 5.74) is 0.306. The summed E-state index contributed by atoms with van der Waals surface area (Å²) in [6.07, 6.45) is 1.15. The van der Waals surface area contributed by atoms with E-state index in [2.05, 4.69) is 10.0 Å². The lowest BCUT2D eigenvalue weighted by atomic mass is 10.2. The fraction of sp³-hybridized carbons (Fsp3) is 0.111. The molecule has 0 aromatic heterocycles. The fourth-order valence-corrected chi connectivity index (χ4v) is 3.66. The van der Waals surface area contributed by atoms with Crippen LogP contribution in [0.5, 0.6) is 0 Å². The number of carbonyl (C=O) groups is 1. The zero-order chi connectivity index (χ0) is 19.9. The average molecular weight is 406 g/mol. The van der Waals surface area contributed by atoms with Gasteiger partial charge in [-0.2, -0.15) is 5.26 Å². The molecule has 0 aliphatic rings. The van der Waals surface area contributed by atoms with Crippen LogP contribution in [0, 0.1) is 11.3 Å². The van der Waals surface area contributed by atoms with Crippen LogP contribution in [0.2, 0.25) is 5.02 Å². The largest absolute Gasteiger partial charge is 0.462 e. The first-order chi connectivity index (χ1) is 12.9. The molecule has 0 radical (unpaired) electrons. The molecule has 0 aliphatic carbocycles. The zero-order valence-corrected chi connectivity index (χ0v) is 15.8. The third-order valence-electron chi connectivity index (χ3n) is 3.29. The Morgan fingerprint density at radius 1 is 1.19 bits per heavy atom. The molecule has 2 rings (SSSR count). The van der Waals surface area contributed by atoms with Gasteiger partial charge < -0.3 is 10.1 Å². The van der Waals surface area contributed by atoms with Crippen LogP contribution in [0.3, 0.4) is 0 Å². The lowest BCUT2D eigenvalue weighted by molar-refractivity contribution is -0.138. The quantitative estimate of drug-likeness (QED) is 0.414. The van der Waals surface area contributed by atoms with Gasteiger partial charge in [-0.05, 0) is 31.2 Å². The maximum Gasteiger partial charge on any atom is 0.350 e. The van der Waals surface area contributed by atoms with Crippen molar-refractivity contribution in [2.24, 2.45) is 0 Å². The van der Waals surface area contributed by atoms with E-state index in [0.29, 0.717) is 5.69 Å². The van der Waals surface area contributed by atoms with E-state index in [1.807, 2.05) is 0 Å². The van der Waals surface area contributed by atoms with Gasteiger partial charge in [-0.25, -0.2) is 13.2 Å². The van der Waals surface area contributed by atoms with Crippen LogP contribution in [0.25, 0.3) is 0 Å². The van der Waals surface area contributed by atoms with Gasteiger partial charge in [0.15, 0.2) is 5.57 Å². The molecule has 2 aromatic carbocycles. The summed E-state index contributed by atoms with van der Waals surface area (Å²) < 4.78 is 32.4. The monoisotopic (exact) mass is 405 g/mol. The van der Waals surface area contributed by atoms with Crippen molar-refractivity contribution in [3.05, 3.63) is 65.3 Å². The molecule has 9 heteroatoms. The molecule has 0 aliphatic heterocycles. The molecule has 27 heavy (non-hydrogen) atoms. The number of sulfonamides is 1. The first kappa shape index (κ1) is 20.3. The Morgan fingerprint density at radius 2 is 1.81 bits per heavy atom. The second-order valence-corrected chi connectivity index (χ2v) is 7.17. The highest BCUT2D eigenvalue weighted by Gasteiger charge is 2.19. The van der Waals surface area contributed by atoms with Crippen molar-refractivity contribution in [3.63, 3.8) is 0 Å². The van der Waals surface area contributed by atoms with Gasteiger partial charge in [-0.1, -0.05) is 35.9 Å². The molecule has 0 heterocycles. The number of carbonyl (C=O) groups excluding carboxylic acids is 1. The number of nitrogens with one attached hydrogen (secondary N) is 2. The molecule has 0 saturated carbocycles. The van der Waals surface area contributed by atoms with E-state index >= 15 is 0 Å². The molecule has 7 nitrogen and oxygen atoms in total. The Bertz CT molecular complexity index is 1010. The van der Waals surface area contributed by atoms with Crippen molar-refractivity contribution >= 4 is 39.0 Å². The number of esters is 1. The second-order valence-electron chi connectivity index (χ2n) is 5.12. The molecular formula is C18H16ClN3O4S. The molecule has 140 valence electrons. The average Bonchev–Trinajstić information content (AvgIpc) is 2.63. The number of halogens is 1. The van der Waals surface area contributed by atoms with E-state index in [1.54, 1.807) is 43.3 Å². The number of nitrogens with zero attached hydrogens (tertiary/aromatic N) is 1. The zero-order valence-electron chi connectivity index (χ0n) is 14.3. The molecule has 0 saturated heterocycles. The van der Waals surface area contributed by atoms with Gasteiger partial charge in [0.25, 0.3) is 10.0 Å². The van der Waals surface area contributed by atoms with E-state index in [9.17, 15) is 13.2 Å². The van der Waals surface area contributed by atoms with Gasteiger partial charge >= 0.3 is 5.97 Å². The van der Waals surface area contributed by atoms with E-state index in [4.69, 9.17) is 21.6 Å². The number of nitriles is 1. The molecule has 0 amide bonds. The summed E-state index contributed by atoms with van der Waals surface area (Å²) in [6, 6.07) is 14.2. The maximum absolute atomic E-state index is 12.6. The Kier molecular flexibility index (Phi) is 6.82. The molecule has 0 bridgehead atoms. The van der Waals surface area contributed by atoms with Crippen molar-refractivity contribution in [2.75, 3.05) is 16.6 Å². The predicted molar refractivity (Wildman–Crippen MR) is 103 cm³/mol. The summed E-state index contributed by atoms with van der Waals surface area (Å²) in [7, 11) is -3.93. The normalized spacial score (nSPS) is 11.4. The number of ether oxygens (including phenoxy) is 1. The molecule has 0 atom stereocenters. The van der Waals surface area contributed by atoms with Crippen LogP contribution < -0.4 is 10.0 Å². The van der Waals surface area contributed by atoms with Gasteiger partial charge in [0.2, 0.25) is 0 Å². The van der Waals surface area contributed by atoms with E-state index < -0.39 is 16.0 Å². The lowest BCUT2D eigenvalue weighted by Crippen LogP contribution is -2.14. The van der Waals surface area contributed by atoms with Crippen molar-refractivity contribution in [3.8, 4) is 6.07 Å². The Labute approximate surface area is 162 Å². The minimum atomic E-state index is -3.93. The Hall–Kier alpha value is -3.02. The number of anilines is 2. The number of para-hydroxylation sites is 2. The van der Waals surface area contributed by atoms with E-state index in [1.165, 1.54) is 18.2 Å². The SMILES string of the molecule is CCOC(=O)/C(C#N)=C/Nc1ccccc1NS(=O)(=O)c1ccccc1Cl. The number of hydrogen-bond donors (Lipinski definition) is 2. The summed E-state index contributed by atoms with van der Waals surface area (Å²) in [5, 5.41) is 11.9. The molecule has 0 unspecified atom stereocenters. The number of hydrogen-bond acceptors (Lipinski definition) is 6. The van der Waals surface area contributed by atoms with Gasteiger partial charge in [0.1, 0.15) is 11.0 Å². The molecule has 0 fully saturated rings. The smallest absolute Gasteiger partial charge is 0.350 e. The minimum Gasteiger partial charge on any atom is -0.462 e. The van der Waals surface area contributed by atoms with Gasteiger partial charge in [0, 0.05) is 6.20 Å². The highest BCUT2D eigenvalue weighted by molar-refractivity contribution is 7.92. The van der Waals surface area contributed by atoms with Crippen LogP contribution in [0.15, 0.2) is 65.2 Å². The van der Waals surface area contributed by atoms with Crippen molar-refractivity contribution in [1.82, 2.24) is 0 Å². The van der Waals surface area contributed by atoms with Crippen LogP contribution >= 0.6 is 11.6 Å². The van der Waals surface area contributed by atoms with Gasteiger partial charge in [-0.15, -0.1) is 0 Å². The molecular weight excluding hydrogens is 390 g/mol. The Balaban J connectivity index is 2.30. The summed E-state index contributed by atoms with van der Waals surface area (Å²) >= 11 is 5.97. The van der Waals surface area contributed by atoms with Crippen LogP contribution in [-0.2, 0) is 19.6 Å². The topological polar surface area (TPSA) is 108 Å². The first-order valence-corrected chi connectivity index (χ1v) is 9.65. The molecule has 0 spiro atoms. The highest BCUT2D eigenvalue weighted by Crippen LogP contribution is 2.27. The second kappa shape index (κ2) is 9.07. The highest BCUT2D eigenvalue weighted by atomic mass is 35.5. The predicted octanol–water partition coefficient (Wildman–Crippen LogP) is 3.52. The van der Waals surface area contributed by atoms with Crippen molar-refractivity contribution < 1.29 is 17.9 Å². The maximum atomic E-state index is 12.6. The van der Waals surface area contributed by atoms with E-state index in [0.717, 1.165) is 6.20 Å². The Morgan fingerprint density at radius 3 is 2.44 bits per heavy atom. The number of benzene rings is 2. The van der Waals surface area contributed by atoms with Crippen LogP contribution in [0.4, 0.5) is 11.4 Å². The van der Waals surface area contributed by atoms with Crippen LogP contribution in [-0.4, -0.2) is 21.0 Å².